The third-order valence-electron chi connectivity index (χ3n) is 5.99. The highest BCUT2D eigenvalue weighted by atomic mass is 16.7. The van der Waals surface area contributed by atoms with Crippen molar-refractivity contribution in [1.82, 2.24) is 0 Å². The summed E-state index contributed by atoms with van der Waals surface area (Å²) in [6, 6.07) is 7.22. The molecule has 3 aliphatic heterocycles. The molecule has 3 aliphatic rings. The molecule has 1 fully saturated rings. The Morgan fingerprint density at radius 1 is 0.871 bits per heavy atom. The van der Waals surface area contributed by atoms with Crippen LogP contribution in [0.4, 0.5) is 0 Å². The van der Waals surface area contributed by atoms with Crippen molar-refractivity contribution in [2.75, 3.05) is 41.8 Å². The molecule has 3 atom stereocenters. The first-order valence-electron chi connectivity index (χ1n) is 9.69. The van der Waals surface area contributed by atoms with Gasteiger partial charge in [-0.25, -0.2) is 0 Å². The average molecular weight is 430 g/mol. The number of carbonyl (C=O) groups is 1. The number of carbonyl (C=O) groups excluding carboxylic acids is 1. The lowest BCUT2D eigenvalue weighted by Crippen LogP contribution is -2.51. The summed E-state index contributed by atoms with van der Waals surface area (Å²) in [5.74, 6) is 0.147. The maximum atomic E-state index is 12.9. The molecule has 5 rings (SSSR count). The highest BCUT2D eigenvalue weighted by molar-refractivity contribution is 5.80. The van der Waals surface area contributed by atoms with Crippen molar-refractivity contribution in [2.45, 2.75) is 11.7 Å². The Hall–Kier alpha value is -3.33. The fourth-order valence-corrected chi connectivity index (χ4v) is 4.53. The molecule has 2 aromatic carbocycles. The van der Waals surface area contributed by atoms with Crippen LogP contribution in [0.3, 0.4) is 0 Å². The number of hydrogen-bond acceptors (Lipinski definition) is 9. The zero-order chi connectivity index (χ0) is 21.8. The monoisotopic (exact) mass is 430 g/mol. The Labute approximate surface area is 178 Å². The van der Waals surface area contributed by atoms with Gasteiger partial charge in [-0.15, -0.1) is 0 Å². The van der Waals surface area contributed by atoms with E-state index in [4.69, 9.17) is 37.9 Å². The summed E-state index contributed by atoms with van der Waals surface area (Å²) in [5, 5.41) is 0. The molecule has 0 unspecified atom stereocenters. The summed E-state index contributed by atoms with van der Waals surface area (Å²) in [5.41, 5.74) is 1.50. The minimum atomic E-state index is -1.27. The number of rotatable bonds is 5. The van der Waals surface area contributed by atoms with E-state index in [1.807, 2.05) is 18.2 Å². The second-order valence-corrected chi connectivity index (χ2v) is 7.38. The third-order valence-corrected chi connectivity index (χ3v) is 5.99. The summed E-state index contributed by atoms with van der Waals surface area (Å²) in [7, 11) is 6.12. The van der Waals surface area contributed by atoms with E-state index in [0.29, 0.717) is 34.5 Å². The van der Waals surface area contributed by atoms with E-state index in [0.717, 1.165) is 11.1 Å². The Morgan fingerprint density at radius 2 is 1.55 bits per heavy atom. The number of methoxy groups -OCH3 is 4. The molecule has 0 aliphatic carbocycles. The number of cyclic esters (lactones) is 1. The molecule has 0 N–H and O–H groups in total. The second kappa shape index (κ2) is 7.12. The molecule has 3 heterocycles. The topological polar surface area (TPSA) is 90.9 Å². The third kappa shape index (κ3) is 2.76. The van der Waals surface area contributed by atoms with Crippen LogP contribution < -0.4 is 28.4 Å². The van der Waals surface area contributed by atoms with Crippen LogP contribution >= 0.6 is 0 Å². The zero-order valence-electron chi connectivity index (χ0n) is 17.6. The van der Waals surface area contributed by atoms with Crippen molar-refractivity contribution in [3.8, 4) is 34.5 Å². The summed E-state index contributed by atoms with van der Waals surface area (Å²) >= 11 is 0. The van der Waals surface area contributed by atoms with Crippen LogP contribution in [0.15, 0.2) is 24.3 Å². The first kappa shape index (κ1) is 19.6. The molecule has 0 spiro atoms. The SMILES string of the molecule is COc1cc([C@@H]2c3cc4c(cc3O[C@]3(OC)COC(=O)[C@H]23)OCO4)cc(OC)c1OC. The maximum Gasteiger partial charge on any atom is 0.317 e. The molecule has 0 amide bonds. The molecule has 31 heavy (non-hydrogen) atoms. The predicted molar refractivity (Wildman–Crippen MR) is 105 cm³/mol. The molecule has 164 valence electrons. The van der Waals surface area contributed by atoms with E-state index >= 15 is 0 Å². The highest BCUT2D eigenvalue weighted by Gasteiger charge is 2.61. The maximum absolute atomic E-state index is 12.9. The van der Waals surface area contributed by atoms with Crippen LogP contribution in [-0.2, 0) is 14.3 Å². The molecule has 9 heteroatoms. The first-order valence-corrected chi connectivity index (χ1v) is 9.69. The molecule has 2 aromatic rings. The van der Waals surface area contributed by atoms with Gasteiger partial charge in [0.1, 0.15) is 11.7 Å². The molecule has 1 saturated heterocycles. The van der Waals surface area contributed by atoms with Crippen LogP contribution in [0, 0.1) is 5.92 Å². The van der Waals surface area contributed by atoms with Crippen LogP contribution in [0.5, 0.6) is 34.5 Å². The summed E-state index contributed by atoms with van der Waals surface area (Å²) < 4.78 is 44.9. The lowest BCUT2D eigenvalue weighted by atomic mass is 9.75. The number of fused-ring (bicyclic) bond motifs is 3. The fraction of sp³-hybridized carbons (Fsp3) is 0.409. The standard InChI is InChI=1S/C22H22O9/c1-24-16-5-11(6-17(25-2)20(16)26-3)18-12-7-14-15(30-10-29-14)8-13(12)31-22(27-4)9-28-21(23)19(18)22/h5-8,18-19H,9-10H2,1-4H3/t18-,19+,22-/m1/s1. The second-order valence-electron chi connectivity index (χ2n) is 7.38. The van der Waals surface area contributed by atoms with Gasteiger partial charge in [-0.2, -0.15) is 0 Å². The Morgan fingerprint density at radius 3 is 2.16 bits per heavy atom. The minimum absolute atomic E-state index is 0.0260. The Balaban J connectivity index is 1.76. The summed E-state index contributed by atoms with van der Waals surface area (Å²) in [6.45, 7) is 0.0930. The van der Waals surface area contributed by atoms with Crippen LogP contribution in [-0.4, -0.2) is 53.6 Å². The molecular formula is C22H22O9. The van der Waals surface area contributed by atoms with E-state index < -0.39 is 23.6 Å². The quantitative estimate of drug-likeness (QED) is 0.664. The van der Waals surface area contributed by atoms with Crippen LogP contribution in [0.25, 0.3) is 0 Å². The van der Waals surface area contributed by atoms with Gasteiger partial charge in [0.05, 0.1) is 21.3 Å². The smallest absolute Gasteiger partial charge is 0.317 e. The molecule has 0 bridgehead atoms. The van der Waals surface area contributed by atoms with Crippen molar-refractivity contribution >= 4 is 5.97 Å². The summed E-state index contributed by atoms with van der Waals surface area (Å²) in [6.07, 6.45) is 0. The largest absolute Gasteiger partial charge is 0.493 e. The number of benzene rings is 2. The van der Waals surface area contributed by atoms with Gasteiger partial charge in [0.25, 0.3) is 5.79 Å². The van der Waals surface area contributed by atoms with E-state index in [1.54, 1.807) is 20.3 Å². The van der Waals surface area contributed by atoms with Crippen molar-refractivity contribution in [3.05, 3.63) is 35.4 Å². The zero-order valence-corrected chi connectivity index (χ0v) is 17.6. The number of hydrogen-bond donors (Lipinski definition) is 0. The van der Waals surface area contributed by atoms with Gasteiger partial charge in [-0.1, -0.05) is 0 Å². The van der Waals surface area contributed by atoms with Gasteiger partial charge in [0.2, 0.25) is 12.5 Å². The van der Waals surface area contributed by atoms with Crippen molar-refractivity contribution < 1.29 is 42.7 Å². The number of esters is 1. The molecule has 0 radical (unpaired) electrons. The predicted octanol–water partition coefficient (Wildman–Crippen LogP) is 2.48. The minimum Gasteiger partial charge on any atom is -0.493 e. The van der Waals surface area contributed by atoms with Gasteiger partial charge < -0.3 is 37.9 Å². The lowest BCUT2D eigenvalue weighted by molar-refractivity contribution is -0.195. The molecule has 9 nitrogen and oxygen atoms in total. The first-order chi connectivity index (χ1) is 15.0. The van der Waals surface area contributed by atoms with Gasteiger partial charge >= 0.3 is 5.97 Å². The van der Waals surface area contributed by atoms with E-state index in [2.05, 4.69) is 0 Å². The van der Waals surface area contributed by atoms with Gasteiger partial charge in [0, 0.05) is 24.7 Å². The van der Waals surface area contributed by atoms with Crippen molar-refractivity contribution in [1.29, 1.82) is 0 Å². The van der Waals surface area contributed by atoms with E-state index in [1.165, 1.54) is 14.2 Å². The average Bonchev–Trinajstić information content (AvgIpc) is 3.39. The number of ether oxygens (including phenoxy) is 8. The molecule has 0 saturated carbocycles. The Bertz CT molecular complexity index is 1020. The van der Waals surface area contributed by atoms with E-state index in [9.17, 15) is 4.79 Å². The lowest BCUT2D eigenvalue weighted by Gasteiger charge is -2.41. The van der Waals surface area contributed by atoms with Crippen molar-refractivity contribution in [2.24, 2.45) is 5.92 Å². The van der Waals surface area contributed by atoms with Gasteiger partial charge in [0.15, 0.2) is 29.6 Å². The molecule has 0 aromatic heterocycles. The van der Waals surface area contributed by atoms with Crippen LogP contribution in [0.1, 0.15) is 17.0 Å². The molecular weight excluding hydrogens is 408 g/mol. The fourth-order valence-electron chi connectivity index (χ4n) is 4.53. The van der Waals surface area contributed by atoms with Crippen molar-refractivity contribution in [3.63, 3.8) is 0 Å². The van der Waals surface area contributed by atoms with Gasteiger partial charge in [-0.3, -0.25) is 4.79 Å². The Kier molecular flexibility index (Phi) is 4.51. The van der Waals surface area contributed by atoms with E-state index in [-0.39, 0.29) is 13.4 Å². The highest BCUT2D eigenvalue weighted by Crippen LogP contribution is 2.56. The van der Waals surface area contributed by atoms with Crippen LogP contribution in [0.2, 0.25) is 0 Å². The summed E-state index contributed by atoms with van der Waals surface area (Å²) in [4.78, 5) is 12.9. The van der Waals surface area contributed by atoms with Gasteiger partial charge in [-0.05, 0) is 23.8 Å². The normalized spacial score (nSPS) is 25.2.